The Bertz CT molecular complexity index is 765. The summed E-state index contributed by atoms with van der Waals surface area (Å²) in [5.74, 6) is 1.26. The van der Waals surface area contributed by atoms with Gasteiger partial charge in [0.2, 0.25) is 0 Å². The van der Waals surface area contributed by atoms with Crippen LogP contribution in [0.15, 0.2) is 53.5 Å². The molecule has 0 heterocycles. The lowest BCUT2D eigenvalue weighted by molar-refractivity contribution is 0.0954. The van der Waals surface area contributed by atoms with Crippen molar-refractivity contribution >= 4 is 23.5 Å². The molecule has 0 unspecified atom stereocenters. The van der Waals surface area contributed by atoms with E-state index in [1.807, 2.05) is 24.3 Å². The fourth-order valence-corrected chi connectivity index (χ4v) is 2.57. The molecule has 0 fully saturated rings. The normalized spacial score (nSPS) is 11.0. The molecule has 0 radical (unpaired) electrons. The van der Waals surface area contributed by atoms with Crippen LogP contribution in [0.2, 0.25) is 5.02 Å². The van der Waals surface area contributed by atoms with E-state index in [0.717, 1.165) is 11.3 Å². The minimum Gasteiger partial charge on any atom is -0.496 e. The molecule has 0 aromatic heterocycles. The second kappa shape index (κ2) is 10.3. The molecule has 26 heavy (non-hydrogen) atoms. The summed E-state index contributed by atoms with van der Waals surface area (Å²) >= 11 is 6.01. The lowest BCUT2D eigenvalue weighted by atomic mass is 10.2. The summed E-state index contributed by atoms with van der Waals surface area (Å²) in [6.45, 7) is 1.55. The minimum absolute atomic E-state index is 0.200. The molecule has 138 valence electrons. The number of aliphatic imine (C=N–C) groups is 1. The largest absolute Gasteiger partial charge is 0.496 e. The first kappa shape index (κ1) is 19.6. The van der Waals surface area contributed by atoms with Gasteiger partial charge in [-0.05, 0) is 18.2 Å². The maximum atomic E-state index is 12.1. The molecule has 0 spiro atoms. The topological polar surface area (TPSA) is 74.8 Å². The molecule has 0 atom stereocenters. The zero-order chi connectivity index (χ0) is 18.8. The van der Waals surface area contributed by atoms with Crippen molar-refractivity contribution in [1.29, 1.82) is 0 Å². The number of rotatable bonds is 7. The van der Waals surface area contributed by atoms with Crippen molar-refractivity contribution < 1.29 is 9.53 Å². The molecule has 7 heteroatoms. The van der Waals surface area contributed by atoms with Crippen LogP contribution in [0.3, 0.4) is 0 Å². The molecule has 0 saturated carbocycles. The molecule has 3 N–H and O–H groups in total. The molecule has 0 saturated heterocycles. The van der Waals surface area contributed by atoms with Crippen LogP contribution in [-0.2, 0) is 6.54 Å². The van der Waals surface area contributed by atoms with E-state index in [4.69, 9.17) is 16.3 Å². The maximum absolute atomic E-state index is 12.1. The van der Waals surface area contributed by atoms with E-state index in [2.05, 4.69) is 20.9 Å². The average molecular weight is 375 g/mol. The molecule has 2 aromatic rings. The zero-order valence-corrected chi connectivity index (χ0v) is 15.6. The van der Waals surface area contributed by atoms with Gasteiger partial charge in [-0.3, -0.25) is 9.79 Å². The SMILES string of the molecule is CN=C(NCCNC(=O)c1ccccc1Cl)NCc1ccccc1OC. The minimum atomic E-state index is -0.200. The van der Waals surface area contributed by atoms with Crippen molar-refractivity contribution in [3.63, 3.8) is 0 Å². The van der Waals surface area contributed by atoms with Crippen molar-refractivity contribution in [3.8, 4) is 5.75 Å². The van der Waals surface area contributed by atoms with Crippen LogP contribution in [0.1, 0.15) is 15.9 Å². The van der Waals surface area contributed by atoms with Crippen molar-refractivity contribution in [2.75, 3.05) is 27.2 Å². The number of ether oxygens (including phenoxy) is 1. The van der Waals surface area contributed by atoms with Crippen LogP contribution in [0, 0.1) is 0 Å². The zero-order valence-electron chi connectivity index (χ0n) is 14.9. The third-order valence-corrected chi connectivity index (χ3v) is 4.01. The number of carbonyl (C=O) groups excluding carboxylic acids is 1. The summed E-state index contributed by atoms with van der Waals surface area (Å²) in [6, 6.07) is 14.7. The highest BCUT2D eigenvalue weighted by atomic mass is 35.5. The molecule has 0 bridgehead atoms. The number of halogens is 1. The highest BCUT2D eigenvalue weighted by Crippen LogP contribution is 2.16. The molecule has 0 aliphatic rings. The molecule has 0 aliphatic carbocycles. The van der Waals surface area contributed by atoms with Crippen LogP contribution >= 0.6 is 11.6 Å². The van der Waals surface area contributed by atoms with Crippen LogP contribution < -0.4 is 20.7 Å². The molecule has 1 amide bonds. The second-order valence-electron chi connectivity index (χ2n) is 5.40. The van der Waals surface area contributed by atoms with Crippen LogP contribution in [0.4, 0.5) is 0 Å². The summed E-state index contributed by atoms with van der Waals surface area (Å²) in [6.07, 6.45) is 0. The Morgan fingerprint density at radius 1 is 1.04 bits per heavy atom. The lowest BCUT2D eigenvalue weighted by Gasteiger charge is -2.14. The summed E-state index contributed by atoms with van der Waals surface area (Å²) in [7, 11) is 3.34. The standard InChI is InChI=1S/C19H23ClN4O2/c1-21-19(24-13-14-7-3-6-10-17(14)26-2)23-12-11-22-18(25)15-8-4-5-9-16(15)20/h3-10H,11-13H2,1-2H3,(H,22,25)(H2,21,23,24). The number of carbonyl (C=O) groups is 1. The van der Waals surface area contributed by atoms with Crippen molar-refractivity contribution in [1.82, 2.24) is 16.0 Å². The molecular weight excluding hydrogens is 352 g/mol. The fraction of sp³-hybridized carbons (Fsp3) is 0.263. The van der Waals surface area contributed by atoms with Crippen LogP contribution in [0.5, 0.6) is 5.75 Å². The lowest BCUT2D eigenvalue weighted by Crippen LogP contribution is -2.41. The Hall–Kier alpha value is -2.73. The number of methoxy groups -OCH3 is 1. The van der Waals surface area contributed by atoms with Gasteiger partial charge >= 0.3 is 0 Å². The molecule has 6 nitrogen and oxygen atoms in total. The summed E-state index contributed by atoms with van der Waals surface area (Å²) in [5, 5.41) is 9.62. The molecule has 2 rings (SSSR count). The number of amides is 1. The monoisotopic (exact) mass is 374 g/mol. The van der Waals surface area contributed by atoms with Crippen molar-refractivity contribution in [3.05, 3.63) is 64.7 Å². The van der Waals surface area contributed by atoms with E-state index in [1.54, 1.807) is 38.4 Å². The number of hydrogen-bond donors (Lipinski definition) is 3. The smallest absolute Gasteiger partial charge is 0.252 e. The van der Waals surface area contributed by atoms with Gasteiger partial charge in [0.05, 0.1) is 17.7 Å². The van der Waals surface area contributed by atoms with E-state index in [9.17, 15) is 4.79 Å². The summed E-state index contributed by atoms with van der Waals surface area (Å²) in [4.78, 5) is 16.2. The van der Waals surface area contributed by atoms with E-state index >= 15 is 0 Å². The number of hydrogen-bond acceptors (Lipinski definition) is 3. The second-order valence-corrected chi connectivity index (χ2v) is 5.81. The first-order valence-electron chi connectivity index (χ1n) is 8.25. The van der Waals surface area contributed by atoms with Gasteiger partial charge in [0.1, 0.15) is 5.75 Å². The third-order valence-electron chi connectivity index (χ3n) is 3.68. The van der Waals surface area contributed by atoms with Gasteiger partial charge in [-0.1, -0.05) is 41.9 Å². The van der Waals surface area contributed by atoms with Crippen molar-refractivity contribution in [2.24, 2.45) is 4.99 Å². The van der Waals surface area contributed by atoms with Crippen LogP contribution in [0.25, 0.3) is 0 Å². The number of benzene rings is 2. The third kappa shape index (κ3) is 5.67. The summed E-state index contributed by atoms with van der Waals surface area (Å²) < 4.78 is 5.33. The number of para-hydroxylation sites is 1. The first-order valence-corrected chi connectivity index (χ1v) is 8.62. The van der Waals surface area contributed by atoms with E-state index in [-0.39, 0.29) is 5.91 Å². The molecular formula is C19H23ClN4O2. The van der Waals surface area contributed by atoms with Crippen molar-refractivity contribution in [2.45, 2.75) is 6.54 Å². The van der Waals surface area contributed by atoms with Gasteiger partial charge in [-0.15, -0.1) is 0 Å². The average Bonchev–Trinajstić information content (AvgIpc) is 2.67. The Morgan fingerprint density at radius 3 is 2.46 bits per heavy atom. The van der Waals surface area contributed by atoms with Gasteiger partial charge in [-0.25, -0.2) is 0 Å². The molecule has 2 aromatic carbocycles. The molecule has 0 aliphatic heterocycles. The predicted octanol–water partition coefficient (Wildman–Crippen LogP) is 2.44. The maximum Gasteiger partial charge on any atom is 0.252 e. The summed E-state index contributed by atoms with van der Waals surface area (Å²) in [5.41, 5.74) is 1.50. The fourth-order valence-electron chi connectivity index (χ4n) is 2.35. The van der Waals surface area contributed by atoms with Crippen LogP contribution in [-0.4, -0.2) is 39.1 Å². The van der Waals surface area contributed by atoms with E-state index < -0.39 is 0 Å². The number of nitrogens with one attached hydrogen (secondary N) is 3. The van der Waals surface area contributed by atoms with Gasteiger partial charge in [0.15, 0.2) is 5.96 Å². The Morgan fingerprint density at radius 2 is 1.73 bits per heavy atom. The highest BCUT2D eigenvalue weighted by molar-refractivity contribution is 6.33. The van der Waals surface area contributed by atoms with Gasteiger partial charge in [-0.2, -0.15) is 0 Å². The quantitative estimate of drug-likeness (QED) is 0.395. The Balaban J connectivity index is 1.75. The van der Waals surface area contributed by atoms with E-state index in [1.165, 1.54) is 0 Å². The predicted molar refractivity (Wildman–Crippen MR) is 105 cm³/mol. The van der Waals surface area contributed by atoms with E-state index in [0.29, 0.717) is 36.2 Å². The van der Waals surface area contributed by atoms with Gasteiger partial charge < -0.3 is 20.7 Å². The Kier molecular flexibility index (Phi) is 7.76. The van der Waals surface area contributed by atoms with Gasteiger partial charge in [0.25, 0.3) is 5.91 Å². The first-order chi connectivity index (χ1) is 12.7. The van der Waals surface area contributed by atoms with Gasteiger partial charge in [0, 0.05) is 32.2 Å². The number of guanidine groups is 1. The highest BCUT2D eigenvalue weighted by Gasteiger charge is 2.08. The number of nitrogens with zero attached hydrogens (tertiary/aromatic N) is 1. The Labute approximate surface area is 158 Å².